The third kappa shape index (κ3) is 3.76. The molecular weight excluding hydrogens is 266 g/mol. The predicted octanol–water partition coefficient (Wildman–Crippen LogP) is 2.56. The first-order valence-electron chi connectivity index (χ1n) is 7.67. The van der Waals surface area contributed by atoms with E-state index in [-0.39, 0.29) is 18.6 Å². The van der Waals surface area contributed by atoms with Gasteiger partial charge in [-0.1, -0.05) is 20.8 Å². The molecule has 1 aliphatic rings. The predicted molar refractivity (Wildman–Crippen MR) is 82.5 cm³/mol. The first kappa shape index (κ1) is 15.8. The van der Waals surface area contributed by atoms with Crippen LogP contribution in [0.25, 0.3) is 0 Å². The van der Waals surface area contributed by atoms with Crippen molar-refractivity contribution in [3.05, 3.63) is 29.8 Å². The molecule has 1 N–H and O–H groups in total. The van der Waals surface area contributed by atoms with E-state index in [2.05, 4.69) is 20.8 Å². The van der Waals surface area contributed by atoms with Crippen LogP contribution in [0.1, 0.15) is 37.6 Å². The zero-order chi connectivity index (χ0) is 15.4. The summed E-state index contributed by atoms with van der Waals surface area (Å²) in [7, 11) is 0. The number of likely N-dealkylation sites (tertiary alicyclic amines) is 1. The van der Waals surface area contributed by atoms with Crippen molar-refractivity contribution in [3.8, 4) is 5.75 Å². The van der Waals surface area contributed by atoms with Crippen molar-refractivity contribution in [2.75, 3.05) is 19.8 Å². The lowest BCUT2D eigenvalue weighted by Crippen LogP contribution is -2.39. The smallest absolute Gasteiger partial charge is 0.254 e. The highest BCUT2D eigenvalue weighted by atomic mass is 16.5. The summed E-state index contributed by atoms with van der Waals surface area (Å²) in [5.41, 5.74) is 0.652. The first-order valence-corrected chi connectivity index (χ1v) is 7.67. The Hall–Kier alpha value is -1.55. The number of carbonyl (C=O) groups is 1. The molecule has 2 atom stereocenters. The van der Waals surface area contributed by atoms with Crippen LogP contribution in [0.3, 0.4) is 0 Å². The van der Waals surface area contributed by atoms with Crippen molar-refractivity contribution in [3.63, 3.8) is 0 Å². The summed E-state index contributed by atoms with van der Waals surface area (Å²) in [5.74, 6) is 1.61. The maximum atomic E-state index is 12.5. The lowest BCUT2D eigenvalue weighted by Gasteiger charge is -2.25. The number of hydrogen-bond donors (Lipinski definition) is 1. The van der Waals surface area contributed by atoms with E-state index in [1.807, 2.05) is 12.1 Å². The van der Waals surface area contributed by atoms with Gasteiger partial charge in [-0.25, -0.2) is 0 Å². The summed E-state index contributed by atoms with van der Waals surface area (Å²) in [5, 5.41) is 9.45. The highest BCUT2D eigenvalue weighted by molar-refractivity contribution is 5.94. The Morgan fingerprint density at radius 1 is 1.38 bits per heavy atom. The molecule has 1 fully saturated rings. The number of benzene rings is 1. The molecule has 0 bridgehead atoms. The van der Waals surface area contributed by atoms with Gasteiger partial charge >= 0.3 is 0 Å². The topological polar surface area (TPSA) is 49.8 Å². The lowest BCUT2D eigenvalue weighted by atomic mass is 10.0. The quantitative estimate of drug-likeness (QED) is 0.907. The summed E-state index contributed by atoms with van der Waals surface area (Å²) < 4.78 is 5.62. The second-order valence-corrected chi connectivity index (χ2v) is 6.24. The highest BCUT2D eigenvalue weighted by Gasteiger charge is 2.34. The van der Waals surface area contributed by atoms with Gasteiger partial charge in [-0.3, -0.25) is 4.79 Å². The second kappa shape index (κ2) is 6.94. The number of hydrogen-bond acceptors (Lipinski definition) is 3. The van der Waals surface area contributed by atoms with E-state index < -0.39 is 0 Å². The molecule has 21 heavy (non-hydrogen) atoms. The zero-order valence-electron chi connectivity index (χ0n) is 13.1. The number of nitrogens with zero attached hydrogens (tertiary/aromatic N) is 1. The van der Waals surface area contributed by atoms with Gasteiger partial charge in [0.25, 0.3) is 5.91 Å². The molecule has 0 saturated carbocycles. The fourth-order valence-electron chi connectivity index (χ4n) is 2.66. The maximum absolute atomic E-state index is 12.5. The third-order valence-electron chi connectivity index (χ3n) is 4.02. The molecule has 0 aromatic heterocycles. The van der Waals surface area contributed by atoms with E-state index in [1.54, 1.807) is 17.0 Å². The van der Waals surface area contributed by atoms with Crippen molar-refractivity contribution < 1.29 is 14.6 Å². The van der Waals surface area contributed by atoms with Crippen LogP contribution in [-0.2, 0) is 0 Å². The van der Waals surface area contributed by atoms with Gasteiger partial charge in [-0.15, -0.1) is 0 Å². The number of amides is 1. The van der Waals surface area contributed by atoms with Gasteiger partial charge in [-0.2, -0.15) is 0 Å². The van der Waals surface area contributed by atoms with Crippen LogP contribution in [0, 0.1) is 11.8 Å². The van der Waals surface area contributed by atoms with Crippen LogP contribution >= 0.6 is 0 Å². The molecule has 1 saturated heterocycles. The molecule has 0 aliphatic carbocycles. The van der Waals surface area contributed by atoms with Crippen LogP contribution in [0.4, 0.5) is 0 Å². The Balaban J connectivity index is 2.03. The van der Waals surface area contributed by atoms with Crippen molar-refractivity contribution in [2.45, 2.75) is 33.2 Å². The van der Waals surface area contributed by atoms with Crippen molar-refractivity contribution >= 4 is 5.91 Å². The van der Waals surface area contributed by atoms with Crippen LogP contribution in [-0.4, -0.2) is 41.7 Å². The van der Waals surface area contributed by atoms with Crippen molar-refractivity contribution in [1.29, 1.82) is 0 Å². The molecular formula is C17H25NO3. The second-order valence-electron chi connectivity index (χ2n) is 6.24. The van der Waals surface area contributed by atoms with Crippen molar-refractivity contribution in [1.82, 2.24) is 4.90 Å². The minimum atomic E-state index is -0.0608. The number of ether oxygens (including phenoxy) is 1. The third-order valence-corrected chi connectivity index (χ3v) is 4.02. The summed E-state index contributed by atoms with van der Waals surface area (Å²) in [4.78, 5) is 14.3. The zero-order valence-corrected chi connectivity index (χ0v) is 13.1. The first-order chi connectivity index (χ1) is 10.0. The molecule has 4 nitrogen and oxygen atoms in total. The Bertz CT molecular complexity index is 469. The molecule has 1 aromatic carbocycles. The summed E-state index contributed by atoms with van der Waals surface area (Å²) in [6.45, 7) is 7.70. The SMILES string of the molecule is CC(C)COc1ccc(C(=O)N2CCC(C)C2CO)cc1. The largest absolute Gasteiger partial charge is 0.493 e. The Labute approximate surface area is 126 Å². The summed E-state index contributed by atoms with van der Waals surface area (Å²) in [6.07, 6.45) is 0.951. The van der Waals surface area contributed by atoms with Gasteiger partial charge in [0.15, 0.2) is 0 Å². The minimum Gasteiger partial charge on any atom is -0.493 e. The van der Waals surface area contributed by atoms with E-state index in [1.165, 1.54) is 0 Å². The normalized spacial score (nSPS) is 21.9. The van der Waals surface area contributed by atoms with E-state index in [9.17, 15) is 9.90 Å². The van der Waals surface area contributed by atoms with E-state index in [4.69, 9.17) is 4.74 Å². The van der Waals surface area contributed by atoms with Crippen LogP contribution in [0.15, 0.2) is 24.3 Å². The molecule has 0 spiro atoms. The van der Waals surface area contributed by atoms with Gasteiger partial charge in [0.05, 0.1) is 19.3 Å². The number of aliphatic hydroxyl groups excluding tert-OH is 1. The van der Waals surface area contributed by atoms with E-state index in [0.717, 1.165) is 18.7 Å². The average molecular weight is 291 g/mol. The molecule has 2 unspecified atom stereocenters. The summed E-state index contributed by atoms with van der Waals surface area (Å²) in [6, 6.07) is 7.21. The van der Waals surface area contributed by atoms with Crippen molar-refractivity contribution in [2.24, 2.45) is 11.8 Å². The van der Waals surface area contributed by atoms with E-state index >= 15 is 0 Å². The average Bonchev–Trinajstić information content (AvgIpc) is 2.85. The maximum Gasteiger partial charge on any atom is 0.254 e. The molecule has 2 rings (SSSR count). The van der Waals surface area contributed by atoms with Crippen LogP contribution < -0.4 is 4.74 Å². The summed E-state index contributed by atoms with van der Waals surface area (Å²) >= 11 is 0. The monoisotopic (exact) mass is 291 g/mol. The molecule has 1 aromatic rings. The molecule has 4 heteroatoms. The van der Waals surface area contributed by atoms with Gasteiger partial charge < -0.3 is 14.7 Å². The number of aliphatic hydroxyl groups is 1. The highest BCUT2D eigenvalue weighted by Crippen LogP contribution is 2.25. The molecule has 0 radical (unpaired) electrons. The number of rotatable bonds is 5. The standard InChI is InChI=1S/C17H25NO3/c1-12(2)11-21-15-6-4-14(5-7-15)17(20)18-9-8-13(3)16(18)10-19/h4-7,12-13,16,19H,8-11H2,1-3H3. The Kier molecular flexibility index (Phi) is 5.23. The molecule has 1 amide bonds. The van der Waals surface area contributed by atoms with Crippen LogP contribution in [0.5, 0.6) is 5.75 Å². The molecule has 1 heterocycles. The number of carbonyl (C=O) groups excluding carboxylic acids is 1. The van der Waals surface area contributed by atoms with Gasteiger partial charge in [0.1, 0.15) is 5.75 Å². The fraction of sp³-hybridized carbons (Fsp3) is 0.588. The van der Waals surface area contributed by atoms with Crippen LogP contribution in [0.2, 0.25) is 0 Å². The van der Waals surface area contributed by atoms with Gasteiger partial charge in [0, 0.05) is 12.1 Å². The minimum absolute atomic E-state index is 0.00573. The lowest BCUT2D eigenvalue weighted by molar-refractivity contribution is 0.0648. The van der Waals surface area contributed by atoms with Gasteiger partial charge in [0.2, 0.25) is 0 Å². The Morgan fingerprint density at radius 3 is 2.62 bits per heavy atom. The molecule has 116 valence electrons. The fourth-order valence-corrected chi connectivity index (χ4v) is 2.66. The van der Waals surface area contributed by atoms with Gasteiger partial charge in [-0.05, 0) is 42.5 Å². The van der Waals surface area contributed by atoms with E-state index in [0.29, 0.717) is 24.0 Å². The molecule has 1 aliphatic heterocycles. The Morgan fingerprint density at radius 2 is 2.05 bits per heavy atom.